The Morgan fingerprint density at radius 2 is 1.78 bits per heavy atom. The summed E-state index contributed by atoms with van der Waals surface area (Å²) in [4.78, 5) is 5.11. The molecule has 3 heteroatoms. The summed E-state index contributed by atoms with van der Waals surface area (Å²) in [6, 6.07) is 1.39. The molecule has 2 saturated heterocycles. The molecular formula is C15H31N3. The highest BCUT2D eigenvalue weighted by Gasteiger charge is 2.18. The zero-order chi connectivity index (χ0) is 12.8. The molecule has 0 radical (unpaired) electrons. The van der Waals surface area contributed by atoms with Crippen molar-refractivity contribution in [2.45, 2.75) is 57.5 Å². The van der Waals surface area contributed by atoms with Gasteiger partial charge in [0.1, 0.15) is 0 Å². The van der Waals surface area contributed by atoms with E-state index in [1.165, 1.54) is 71.2 Å². The average molecular weight is 253 g/mol. The van der Waals surface area contributed by atoms with Crippen LogP contribution in [0.15, 0.2) is 0 Å². The molecular weight excluding hydrogens is 222 g/mol. The van der Waals surface area contributed by atoms with Crippen molar-refractivity contribution in [3.63, 3.8) is 0 Å². The Labute approximate surface area is 113 Å². The smallest absolute Gasteiger partial charge is 0.0169 e. The van der Waals surface area contributed by atoms with Gasteiger partial charge in [-0.1, -0.05) is 6.42 Å². The highest BCUT2D eigenvalue weighted by Crippen LogP contribution is 2.12. The van der Waals surface area contributed by atoms with Gasteiger partial charge in [0.25, 0.3) is 0 Å². The maximum absolute atomic E-state index is 3.86. The molecule has 2 aliphatic heterocycles. The molecule has 0 aromatic rings. The normalized spacial score (nSPS) is 30.0. The van der Waals surface area contributed by atoms with Gasteiger partial charge in [-0.15, -0.1) is 0 Å². The third kappa shape index (κ3) is 4.87. The van der Waals surface area contributed by atoms with Crippen molar-refractivity contribution in [1.82, 2.24) is 15.1 Å². The molecule has 0 spiro atoms. The highest BCUT2D eigenvalue weighted by molar-refractivity contribution is 4.78. The number of rotatable bonds is 4. The summed E-state index contributed by atoms with van der Waals surface area (Å²) in [5.41, 5.74) is 0. The van der Waals surface area contributed by atoms with Gasteiger partial charge in [0.2, 0.25) is 0 Å². The molecule has 2 rings (SSSR count). The number of piperidine rings is 1. The monoisotopic (exact) mass is 253 g/mol. The minimum atomic E-state index is 0.650. The van der Waals surface area contributed by atoms with Crippen molar-refractivity contribution in [2.24, 2.45) is 0 Å². The van der Waals surface area contributed by atoms with Crippen molar-refractivity contribution in [2.75, 3.05) is 39.8 Å². The fourth-order valence-electron chi connectivity index (χ4n) is 3.39. The molecule has 0 bridgehead atoms. The van der Waals surface area contributed by atoms with Crippen LogP contribution in [-0.2, 0) is 0 Å². The van der Waals surface area contributed by atoms with E-state index in [4.69, 9.17) is 0 Å². The number of likely N-dealkylation sites (tertiary alicyclic amines) is 2. The van der Waals surface area contributed by atoms with Crippen molar-refractivity contribution in [3.05, 3.63) is 0 Å². The molecule has 1 N–H and O–H groups in total. The Hall–Kier alpha value is -0.120. The fraction of sp³-hybridized carbons (Fsp3) is 1.00. The standard InChI is InChI=1S/C15H31N3/c1-14(13-18-10-4-3-5-11-18)16-15-7-6-9-17(2)12-8-15/h14-16H,3-13H2,1-2H3. The summed E-state index contributed by atoms with van der Waals surface area (Å²) < 4.78 is 0. The molecule has 3 nitrogen and oxygen atoms in total. The van der Waals surface area contributed by atoms with E-state index in [2.05, 4.69) is 29.1 Å². The molecule has 2 aliphatic rings. The minimum absolute atomic E-state index is 0.650. The van der Waals surface area contributed by atoms with E-state index < -0.39 is 0 Å². The van der Waals surface area contributed by atoms with E-state index in [0.717, 1.165) is 6.04 Å². The third-order valence-corrected chi connectivity index (χ3v) is 4.45. The fourth-order valence-corrected chi connectivity index (χ4v) is 3.39. The molecule has 2 fully saturated rings. The van der Waals surface area contributed by atoms with Crippen LogP contribution in [0.5, 0.6) is 0 Å². The van der Waals surface area contributed by atoms with Crippen LogP contribution in [0.1, 0.15) is 45.4 Å². The number of hydrogen-bond donors (Lipinski definition) is 1. The summed E-state index contributed by atoms with van der Waals surface area (Å²) in [6.07, 6.45) is 8.27. The van der Waals surface area contributed by atoms with Gasteiger partial charge in [-0.25, -0.2) is 0 Å². The topological polar surface area (TPSA) is 18.5 Å². The predicted molar refractivity (Wildman–Crippen MR) is 78.0 cm³/mol. The predicted octanol–water partition coefficient (Wildman–Crippen LogP) is 1.93. The Morgan fingerprint density at radius 3 is 2.56 bits per heavy atom. The van der Waals surface area contributed by atoms with Gasteiger partial charge in [0.05, 0.1) is 0 Å². The first kappa shape index (κ1) is 14.3. The van der Waals surface area contributed by atoms with Crippen LogP contribution in [0.2, 0.25) is 0 Å². The lowest BCUT2D eigenvalue weighted by atomic mass is 10.1. The molecule has 0 saturated carbocycles. The van der Waals surface area contributed by atoms with Crippen LogP contribution in [0.25, 0.3) is 0 Å². The molecule has 2 unspecified atom stereocenters. The second-order valence-corrected chi connectivity index (χ2v) is 6.36. The SMILES string of the molecule is CC(CN1CCCCC1)NC1CCCN(C)CC1. The van der Waals surface area contributed by atoms with E-state index >= 15 is 0 Å². The highest BCUT2D eigenvalue weighted by atomic mass is 15.2. The summed E-state index contributed by atoms with van der Waals surface area (Å²) in [6.45, 7) is 8.78. The van der Waals surface area contributed by atoms with E-state index in [1.54, 1.807) is 0 Å². The molecule has 0 aromatic heterocycles. The molecule has 2 heterocycles. The zero-order valence-corrected chi connectivity index (χ0v) is 12.3. The van der Waals surface area contributed by atoms with Crippen molar-refractivity contribution < 1.29 is 0 Å². The van der Waals surface area contributed by atoms with E-state index in [0.29, 0.717) is 6.04 Å². The van der Waals surface area contributed by atoms with Crippen LogP contribution in [0.4, 0.5) is 0 Å². The van der Waals surface area contributed by atoms with Crippen LogP contribution in [0, 0.1) is 0 Å². The quantitative estimate of drug-likeness (QED) is 0.826. The second-order valence-electron chi connectivity index (χ2n) is 6.36. The first-order valence-corrected chi connectivity index (χ1v) is 7.91. The Balaban J connectivity index is 1.67. The van der Waals surface area contributed by atoms with Gasteiger partial charge >= 0.3 is 0 Å². The summed E-state index contributed by atoms with van der Waals surface area (Å²) in [7, 11) is 2.25. The lowest BCUT2D eigenvalue weighted by molar-refractivity contribution is 0.202. The van der Waals surface area contributed by atoms with Crippen molar-refractivity contribution in [3.8, 4) is 0 Å². The lowest BCUT2D eigenvalue weighted by Crippen LogP contribution is -2.45. The van der Waals surface area contributed by atoms with Crippen LogP contribution in [0.3, 0.4) is 0 Å². The molecule has 106 valence electrons. The Kier molecular flexibility index (Phi) is 5.93. The van der Waals surface area contributed by atoms with Crippen LogP contribution >= 0.6 is 0 Å². The number of nitrogens with zero attached hydrogens (tertiary/aromatic N) is 2. The molecule has 2 atom stereocenters. The van der Waals surface area contributed by atoms with Gasteiger partial charge in [0, 0.05) is 18.6 Å². The van der Waals surface area contributed by atoms with Gasteiger partial charge in [0.15, 0.2) is 0 Å². The molecule has 0 amide bonds. The van der Waals surface area contributed by atoms with E-state index in [1.807, 2.05) is 0 Å². The van der Waals surface area contributed by atoms with E-state index in [9.17, 15) is 0 Å². The van der Waals surface area contributed by atoms with E-state index in [-0.39, 0.29) is 0 Å². The van der Waals surface area contributed by atoms with Gasteiger partial charge < -0.3 is 15.1 Å². The maximum atomic E-state index is 3.86. The first-order valence-electron chi connectivity index (χ1n) is 7.91. The first-order chi connectivity index (χ1) is 8.74. The van der Waals surface area contributed by atoms with Crippen molar-refractivity contribution in [1.29, 1.82) is 0 Å². The molecule has 0 aliphatic carbocycles. The van der Waals surface area contributed by atoms with Crippen LogP contribution < -0.4 is 5.32 Å². The third-order valence-electron chi connectivity index (χ3n) is 4.45. The van der Waals surface area contributed by atoms with Gasteiger partial charge in [-0.05, 0) is 72.3 Å². The van der Waals surface area contributed by atoms with Gasteiger partial charge in [-0.2, -0.15) is 0 Å². The zero-order valence-electron chi connectivity index (χ0n) is 12.3. The lowest BCUT2D eigenvalue weighted by Gasteiger charge is -2.31. The number of nitrogens with one attached hydrogen (secondary N) is 1. The maximum Gasteiger partial charge on any atom is 0.0169 e. The summed E-state index contributed by atoms with van der Waals surface area (Å²) in [5.74, 6) is 0. The second kappa shape index (κ2) is 7.46. The summed E-state index contributed by atoms with van der Waals surface area (Å²) >= 11 is 0. The largest absolute Gasteiger partial charge is 0.310 e. The minimum Gasteiger partial charge on any atom is -0.310 e. The number of hydrogen-bond acceptors (Lipinski definition) is 3. The Bertz CT molecular complexity index is 226. The Morgan fingerprint density at radius 1 is 1.00 bits per heavy atom. The van der Waals surface area contributed by atoms with Crippen molar-refractivity contribution >= 4 is 0 Å². The van der Waals surface area contributed by atoms with Crippen LogP contribution in [-0.4, -0.2) is 61.7 Å². The van der Waals surface area contributed by atoms with Gasteiger partial charge in [-0.3, -0.25) is 0 Å². The molecule has 0 aromatic carbocycles. The average Bonchev–Trinajstić information content (AvgIpc) is 2.56. The summed E-state index contributed by atoms with van der Waals surface area (Å²) in [5, 5.41) is 3.86. The molecule has 18 heavy (non-hydrogen) atoms.